The molecule has 3 rings (SSSR count). The summed E-state index contributed by atoms with van der Waals surface area (Å²) in [4.78, 5) is 25.2. The Bertz CT molecular complexity index is 1130. The molecule has 1 aliphatic heterocycles. The highest BCUT2D eigenvalue weighted by molar-refractivity contribution is 7.92. The van der Waals surface area contributed by atoms with Crippen molar-refractivity contribution in [1.29, 1.82) is 0 Å². The van der Waals surface area contributed by atoms with E-state index in [1.165, 1.54) is 13.0 Å². The molecule has 32 heavy (non-hydrogen) atoms. The first-order valence-corrected chi connectivity index (χ1v) is 11.9. The number of rotatable bonds is 7. The molecule has 172 valence electrons. The average Bonchev–Trinajstić information content (AvgIpc) is 2.74. The number of anilines is 2. The van der Waals surface area contributed by atoms with Crippen molar-refractivity contribution in [2.45, 2.75) is 26.8 Å². The number of hydrogen-bond donors (Lipinski definition) is 1. The largest absolute Gasteiger partial charge is 0.486 e. The SMILES string of the molecule is CCOC(=O)c1cccc(NC(=O)[C@@H](C)N(c2ccc3c(c2)OCCO3)S(C)(=O)=O)c1C. The van der Waals surface area contributed by atoms with Gasteiger partial charge in [0.05, 0.1) is 24.1 Å². The van der Waals surface area contributed by atoms with E-state index in [0.29, 0.717) is 41.5 Å². The molecule has 1 N–H and O–H groups in total. The van der Waals surface area contributed by atoms with Gasteiger partial charge in [-0.2, -0.15) is 0 Å². The number of nitrogens with zero attached hydrogens (tertiary/aromatic N) is 1. The van der Waals surface area contributed by atoms with Crippen LogP contribution in [0.3, 0.4) is 0 Å². The molecule has 0 fully saturated rings. The molecule has 10 heteroatoms. The number of ether oxygens (including phenoxy) is 3. The van der Waals surface area contributed by atoms with Gasteiger partial charge in [-0.25, -0.2) is 13.2 Å². The lowest BCUT2D eigenvalue weighted by atomic mass is 10.1. The Morgan fingerprint density at radius 1 is 1.16 bits per heavy atom. The van der Waals surface area contributed by atoms with E-state index in [-0.39, 0.29) is 12.3 Å². The molecule has 0 spiro atoms. The highest BCUT2D eigenvalue weighted by Gasteiger charge is 2.30. The first kappa shape index (κ1) is 23.4. The quantitative estimate of drug-likeness (QED) is 0.630. The lowest BCUT2D eigenvalue weighted by molar-refractivity contribution is -0.116. The fraction of sp³-hybridized carbons (Fsp3) is 0.364. The lowest BCUT2D eigenvalue weighted by Crippen LogP contribution is -2.45. The normalized spacial score (nSPS) is 13.8. The average molecular weight is 463 g/mol. The Morgan fingerprint density at radius 3 is 2.50 bits per heavy atom. The minimum absolute atomic E-state index is 0.227. The Hall–Kier alpha value is -3.27. The summed E-state index contributed by atoms with van der Waals surface area (Å²) in [6, 6.07) is 8.48. The number of nitrogens with one attached hydrogen (secondary N) is 1. The summed E-state index contributed by atoms with van der Waals surface area (Å²) < 4.78 is 42.3. The van der Waals surface area contributed by atoms with Crippen molar-refractivity contribution in [1.82, 2.24) is 0 Å². The molecule has 0 saturated heterocycles. The first-order valence-electron chi connectivity index (χ1n) is 10.1. The van der Waals surface area contributed by atoms with Gasteiger partial charge in [0, 0.05) is 11.8 Å². The van der Waals surface area contributed by atoms with Crippen LogP contribution in [0.2, 0.25) is 0 Å². The number of carbonyl (C=O) groups excluding carboxylic acids is 2. The number of amides is 1. The summed E-state index contributed by atoms with van der Waals surface area (Å²) in [5, 5.41) is 2.72. The Balaban J connectivity index is 1.89. The number of hydrogen-bond acceptors (Lipinski definition) is 7. The van der Waals surface area contributed by atoms with Gasteiger partial charge in [0.25, 0.3) is 0 Å². The van der Waals surface area contributed by atoms with Gasteiger partial charge in [-0.05, 0) is 50.6 Å². The van der Waals surface area contributed by atoms with Gasteiger partial charge in [0.2, 0.25) is 15.9 Å². The van der Waals surface area contributed by atoms with Crippen molar-refractivity contribution in [3.8, 4) is 11.5 Å². The molecule has 0 aromatic heterocycles. The molecule has 0 saturated carbocycles. The zero-order valence-electron chi connectivity index (χ0n) is 18.4. The summed E-state index contributed by atoms with van der Waals surface area (Å²) in [6.45, 7) is 5.86. The van der Waals surface area contributed by atoms with E-state index in [2.05, 4.69) is 5.32 Å². The van der Waals surface area contributed by atoms with Crippen molar-refractivity contribution in [3.63, 3.8) is 0 Å². The summed E-state index contributed by atoms with van der Waals surface area (Å²) in [6.07, 6.45) is 1.03. The minimum atomic E-state index is -3.82. The summed E-state index contributed by atoms with van der Waals surface area (Å²) in [5.74, 6) is -0.137. The zero-order valence-corrected chi connectivity index (χ0v) is 19.2. The molecule has 0 aliphatic carbocycles. The van der Waals surface area contributed by atoms with Gasteiger partial charge in [-0.15, -0.1) is 0 Å². The van der Waals surface area contributed by atoms with Gasteiger partial charge in [-0.3, -0.25) is 9.10 Å². The third-order valence-corrected chi connectivity index (χ3v) is 6.20. The van der Waals surface area contributed by atoms with Crippen LogP contribution in [0, 0.1) is 6.92 Å². The molecule has 9 nitrogen and oxygen atoms in total. The van der Waals surface area contributed by atoms with Crippen LogP contribution >= 0.6 is 0 Å². The molecule has 0 radical (unpaired) electrons. The Kier molecular flexibility index (Phi) is 6.93. The molecule has 2 aromatic rings. The van der Waals surface area contributed by atoms with Gasteiger partial charge in [0.15, 0.2) is 11.5 Å². The van der Waals surface area contributed by atoms with E-state index in [9.17, 15) is 18.0 Å². The van der Waals surface area contributed by atoms with Crippen LogP contribution in [0.25, 0.3) is 0 Å². The van der Waals surface area contributed by atoms with Crippen LogP contribution in [0.15, 0.2) is 36.4 Å². The maximum Gasteiger partial charge on any atom is 0.338 e. The van der Waals surface area contributed by atoms with Crippen molar-refractivity contribution in [2.24, 2.45) is 0 Å². The molecule has 0 bridgehead atoms. The second kappa shape index (κ2) is 9.47. The fourth-order valence-electron chi connectivity index (χ4n) is 3.42. The Morgan fingerprint density at radius 2 is 1.84 bits per heavy atom. The standard InChI is InChI=1S/C22H26N2O7S/c1-5-29-22(26)17-7-6-8-18(14(17)2)23-21(25)15(3)24(32(4,27)28)16-9-10-19-20(13-16)31-12-11-30-19/h6-10,13,15H,5,11-12H2,1-4H3,(H,23,25)/t15-/m1/s1. The van der Waals surface area contributed by atoms with Crippen molar-refractivity contribution < 1.29 is 32.2 Å². The molecule has 0 unspecified atom stereocenters. The number of esters is 1. The molecule has 1 aliphatic rings. The van der Waals surface area contributed by atoms with Crippen LogP contribution in [0.5, 0.6) is 11.5 Å². The minimum Gasteiger partial charge on any atom is -0.486 e. The molecular weight excluding hydrogens is 436 g/mol. The highest BCUT2D eigenvalue weighted by Crippen LogP contribution is 2.35. The number of benzene rings is 2. The summed E-state index contributed by atoms with van der Waals surface area (Å²) in [7, 11) is -3.82. The van der Waals surface area contributed by atoms with E-state index < -0.39 is 27.9 Å². The van der Waals surface area contributed by atoms with E-state index in [1.807, 2.05) is 0 Å². The Labute approximate surface area is 187 Å². The molecule has 1 heterocycles. The van der Waals surface area contributed by atoms with Crippen LogP contribution in [0.1, 0.15) is 29.8 Å². The monoisotopic (exact) mass is 462 g/mol. The van der Waals surface area contributed by atoms with Crippen molar-refractivity contribution >= 4 is 33.3 Å². The smallest absolute Gasteiger partial charge is 0.338 e. The van der Waals surface area contributed by atoms with E-state index in [1.54, 1.807) is 44.2 Å². The van der Waals surface area contributed by atoms with E-state index >= 15 is 0 Å². The second-order valence-corrected chi connectivity index (χ2v) is 9.11. The number of fused-ring (bicyclic) bond motifs is 1. The number of carbonyl (C=O) groups is 2. The van der Waals surface area contributed by atoms with Crippen molar-refractivity contribution in [3.05, 3.63) is 47.5 Å². The van der Waals surface area contributed by atoms with Crippen LogP contribution in [-0.4, -0.2) is 52.4 Å². The lowest BCUT2D eigenvalue weighted by Gasteiger charge is -2.29. The van der Waals surface area contributed by atoms with Crippen LogP contribution in [0.4, 0.5) is 11.4 Å². The van der Waals surface area contributed by atoms with E-state index in [4.69, 9.17) is 14.2 Å². The van der Waals surface area contributed by atoms with Gasteiger partial charge in [-0.1, -0.05) is 6.07 Å². The molecule has 1 atom stereocenters. The zero-order chi connectivity index (χ0) is 23.5. The summed E-state index contributed by atoms with van der Waals surface area (Å²) in [5.41, 5.74) is 1.51. The third kappa shape index (κ3) is 4.96. The van der Waals surface area contributed by atoms with Gasteiger partial charge < -0.3 is 19.5 Å². The molecular formula is C22H26N2O7S. The van der Waals surface area contributed by atoms with Crippen LogP contribution < -0.4 is 19.1 Å². The predicted molar refractivity (Wildman–Crippen MR) is 120 cm³/mol. The van der Waals surface area contributed by atoms with E-state index in [0.717, 1.165) is 10.6 Å². The van der Waals surface area contributed by atoms with Gasteiger partial charge in [0.1, 0.15) is 19.3 Å². The maximum atomic E-state index is 13.0. The summed E-state index contributed by atoms with van der Waals surface area (Å²) >= 11 is 0. The van der Waals surface area contributed by atoms with Crippen LogP contribution in [-0.2, 0) is 19.6 Å². The molecule has 2 aromatic carbocycles. The second-order valence-electron chi connectivity index (χ2n) is 7.25. The third-order valence-electron chi connectivity index (χ3n) is 4.96. The first-order chi connectivity index (χ1) is 15.1. The number of sulfonamides is 1. The maximum absolute atomic E-state index is 13.0. The van der Waals surface area contributed by atoms with Crippen molar-refractivity contribution in [2.75, 3.05) is 35.7 Å². The fourth-order valence-corrected chi connectivity index (χ4v) is 4.58. The van der Waals surface area contributed by atoms with Gasteiger partial charge >= 0.3 is 5.97 Å². The predicted octanol–water partition coefficient (Wildman–Crippen LogP) is 2.74. The highest BCUT2D eigenvalue weighted by atomic mass is 32.2. The molecule has 1 amide bonds. The topological polar surface area (TPSA) is 111 Å².